The van der Waals surface area contributed by atoms with Crippen molar-refractivity contribution in [1.29, 1.82) is 0 Å². The van der Waals surface area contributed by atoms with Crippen molar-refractivity contribution in [2.75, 3.05) is 25.5 Å². The molecule has 0 spiro atoms. The Morgan fingerprint density at radius 2 is 2.27 bits per heavy atom. The Morgan fingerprint density at radius 3 is 2.93 bits per heavy atom. The summed E-state index contributed by atoms with van der Waals surface area (Å²) < 4.78 is 0. The average Bonchev–Trinajstić information content (AvgIpc) is 2.56. The first-order valence-corrected chi connectivity index (χ1v) is 5.75. The van der Waals surface area contributed by atoms with Crippen LogP contribution in [0.2, 0.25) is 0 Å². The number of nitrogens with one attached hydrogen (secondary N) is 1. The molecular weight excluding hydrogens is 184 g/mol. The van der Waals surface area contributed by atoms with Gasteiger partial charge >= 0.3 is 0 Å². The lowest BCUT2D eigenvalue weighted by Gasteiger charge is -2.22. The molecule has 0 bridgehead atoms. The van der Waals surface area contributed by atoms with Gasteiger partial charge in [-0.1, -0.05) is 19.1 Å². The summed E-state index contributed by atoms with van der Waals surface area (Å²) in [6, 6.07) is 7.50. The van der Waals surface area contributed by atoms with E-state index in [0.717, 1.165) is 13.0 Å². The summed E-state index contributed by atoms with van der Waals surface area (Å²) in [5.74, 6) is 0. The van der Waals surface area contributed by atoms with E-state index in [0.29, 0.717) is 6.04 Å². The number of aryl methyl sites for hydroxylation is 1. The minimum atomic E-state index is 0.622. The van der Waals surface area contributed by atoms with Crippen LogP contribution in [-0.2, 0) is 12.8 Å². The van der Waals surface area contributed by atoms with Gasteiger partial charge in [0.2, 0.25) is 0 Å². The van der Waals surface area contributed by atoms with Crippen molar-refractivity contribution in [2.24, 2.45) is 0 Å². The quantitative estimate of drug-likeness (QED) is 0.808. The lowest BCUT2D eigenvalue weighted by molar-refractivity contribution is 0.614. The van der Waals surface area contributed by atoms with Gasteiger partial charge in [-0.15, -0.1) is 0 Å². The average molecular weight is 204 g/mol. The molecule has 2 heteroatoms. The molecule has 1 unspecified atom stereocenters. The van der Waals surface area contributed by atoms with E-state index in [-0.39, 0.29) is 0 Å². The van der Waals surface area contributed by atoms with Gasteiger partial charge in [0.05, 0.1) is 0 Å². The molecule has 0 aromatic heterocycles. The predicted molar refractivity (Wildman–Crippen MR) is 65.6 cm³/mol. The molecule has 1 N–H and O–H groups in total. The second-order valence-corrected chi connectivity index (χ2v) is 4.34. The van der Waals surface area contributed by atoms with Crippen molar-refractivity contribution in [3.8, 4) is 0 Å². The highest BCUT2D eigenvalue weighted by Gasteiger charge is 2.25. The van der Waals surface area contributed by atoms with Crippen LogP contribution in [0.5, 0.6) is 0 Å². The van der Waals surface area contributed by atoms with Crippen molar-refractivity contribution < 1.29 is 0 Å². The Morgan fingerprint density at radius 1 is 1.47 bits per heavy atom. The molecule has 0 saturated heterocycles. The Bertz CT molecular complexity index is 346. The molecule has 82 valence electrons. The maximum absolute atomic E-state index is 3.26. The summed E-state index contributed by atoms with van der Waals surface area (Å²) in [7, 11) is 4.22. The van der Waals surface area contributed by atoms with Crippen LogP contribution in [0.25, 0.3) is 0 Å². The van der Waals surface area contributed by atoms with E-state index in [1.807, 2.05) is 7.05 Å². The first-order valence-electron chi connectivity index (χ1n) is 5.75. The van der Waals surface area contributed by atoms with Crippen LogP contribution < -0.4 is 10.2 Å². The molecule has 2 nitrogen and oxygen atoms in total. The third kappa shape index (κ3) is 1.86. The number of benzene rings is 1. The topological polar surface area (TPSA) is 15.3 Å². The molecule has 1 aromatic rings. The third-order valence-corrected chi connectivity index (χ3v) is 3.38. The molecular formula is C13H20N2. The van der Waals surface area contributed by atoms with Crippen LogP contribution in [0, 0.1) is 0 Å². The van der Waals surface area contributed by atoms with E-state index in [2.05, 4.69) is 42.4 Å². The number of anilines is 1. The maximum Gasteiger partial charge on any atom is 0.0452 e. The van der Waals surface area contributed by atoms with Crippen LogP contribution in [0.1, 0.15) is 18.1 Å². The van der Waals surface area contributed by atoms with E-state index < -0.39 is 0 Å². The van der Waals surface area contributed by atoms with Gasteiger partial charge in [0.15, 0.2) is 0 Å². The number of likely N-dealkylation sites (N-methyl/N-ethyl adjacent to an activating group) is 2. The second kappa shape index (κ2) is 4.23. The molecule has 0 fully saturated rings. The smallest absolute Gasteiger partial charge is 0.0452 e. The Balaban J connectivity index is 2.24. The highest BCUT2D eigenvalue weighted by molar-refractivity contribution is 5.60. The maximum atomic E-state index is 3.26. The van der Waals surface area contributed by atoms with Crippen LogP contribution in [0.3, 0.4) is 0 Å². The van der Waals surface area contributed by atoms with Gasteiger partial charge in [-0.2, -0.15) is 0 Å². The second-order valence-electron chi connectivity index (χ2n) is 4.34. The van der Waals surface area contributed by atoms with E-state index >= 15 is 0 Å². The van der Waals surface area contributed by atoms with E-state index in [9.17, 15) is 0 Å². The van der Waals surface area contributed by atoms with Crippen molar-refractivity contribution in [3.05, 3.63) is 29.3 Å². The Hall–Kier alpha value is -1.02. The van der Waals surface area contributed by atoms with E-state index in [1.165, 1.54) is 23.2 Å². The minimum Gasteiger partial charge on any atom is -0.370 e. The Labute approximate surface area is 92.3 Å². The summed E-state index contributed by atoms with van der Waals surface area (Å²) in [5.41, 5.74) is 4.37. The fourth-order valence-electron chi connectivity index (χ4n) is 2.40. The SMILES string of the molecule is CCc1ccc2c(c1)CC(CNC)N2C. The molecule has 15 heavy (non-hydrogen) atoms. The van der Waals surface area contributed by atoms with Gasteiger partial charge in [0.1, 0.15) is 0 Å². The van der Waals surface area contributed by atoms with Crippen molar-refractivity contribution in [2.45, 2.75) is 25.8 Å². The minimum absolute atomic E-state index is 0.622. The molecule has 1 aromatic carbocycles. The van der Waals surface area contributed by atoms with Crippen molar-refractivity contribution in [3.63, 3.8) is 0 Å². The lowest BCUT2D eigenvalue weighted by Crippen LogP contribution is -2.36. The zero-order valence-electron chi connectivity index (χ0n) is 9.88. The number of hydrogen-bond acceptors (Lipinski definition) is 2. The number of fused-ring (bicyclic) bond motifs is 1. The summed E-state index contributed by atoms with van der Waals surface area (Å²) in [6.07, 6.45) is 2.31. The summed E-state index contributed by atoms with van der Waals surface area (Å²) in [4.78, 5) is 2.39. The highest BCUT2D eigenvalue weighted by Crippen LogP contribution is 2.31. The zero-order valence-corrected chi connectivity index (χ0v) is 9.88. The summed E-state index contributed by atoms with van der Waals surface area (Å²) in [5, 5.41) is 3.26. The first kappa shape index (κ1) is 10.5. The Kier molecular flexibility index (Phi) is 2.96. The van der Waals surface area contributed by atoms with Gasteiger partial charge in [0.25, 0.3) is 0 Å². The van der Waals surface area contributed by atoms with Crippen molar-refractivity contribution >= 4 is 5.69 Å². The summed E-state index contributed by atoms with van der Waals surface area (Å²) >= 11 is 0. The molecule has 0 saturated carbocycles. The van der Waals surface area contributed by atoms with Crippen LogP contribution in [0.15, 0.2) is 18.2 Å². The molecule has 0 amide bonds. The lowest BCUT2D eigenvalue weighted by atomic mass is 10.1. The molecule has 1 atom stereocenters. The van der Waals surface area contributed by atoms with Gasteiger partial charge in [-0.25, -0.2) is 0 Å². The van der Waals surface area contributed by atoms with E-state index in [1.54, 1.807) is 0 Å². The van der Waals surface area contributed by atoms with Gasteiger partial charge in [-0.05, 0) is 37.1 Å². The highest BCUT2D eigenvalue weighted by atomic mass is 15.2. The normalized spacial score (nSPS) is 19.4. The zero-order chi connectivity index (χ0) is 10.8. The van der Waals surface area contributed by atoms with Crippen LogP contribution in [0.4, 0.5) is 5.69 Å². The van der Waals surface area contributed by atoms with E-state index in [4.69, 9.17) is 0 Å². The third-order valence-electron chi connectivity index (χ3n) is 3.38. The standard InChI is InChI=1S/C13H20N2/c1-4-10-5-6-13-11(7-10)8-12(9-14-2)15(13)3/h5-7,12,14H,4,8-9H2,1-3H3. The molecule has 0 aliphatic carbocycles. The van der Waals surface area contributed by atoms with Gasteiger partial charge < -0.3 is 10.2 Å². The largest absolute Gasteiger partial charge is 0.370 e. The number of rotatable bonds is 3. The van der Waals surface area contributed by atoms with Gasteiger partial charge in [0, 0.05) is 25.3 Å². The molecule has 1 heterocycles. The van der Waals surface area contributed by atoms with Crippen LogP contribution in [-0.4, -0.2) is 26.7 Å². The number of nitrogens with zero attached hydrogens (tertiary/aromatic N) is 1. The molecule has 1 aliphatic heterocycles. The molecule has 0 radical (unpaired) electrons. The summed E-state index contributed by atoms with van der Waals surface area (Å²) in [6.45, 7) is 3.28. The number of hydrogen-bond donors (Lipinski definition) is 1. The molecule has 2 rings (SSSR count). The monoisotopic (exact) mass is 204 g/mol. The predicted octanol–water partition coefficient (Wildman–Crippen LogP) is 1.83. The fourth-order valence-corrected chi connectivity index (χ4v) is 2.40. The molecule has 1 aliphatic rings. The van der Waals surface area contributed by atoms with Crippen molar-refractivity contribution in [1.82, 2.24) is 5.32 Å². The fraction of sp³-hybridized carbons (Fsp3) is 0.538. The van der Waals surface area contributed by atoms with Gasteiger partial charge in [-0.3, -0.25) is 0 Å². The van der Waals surface area contributed by atoms with Crippen LogP contribution >= 0.6 is 0 Å². The first-order chi connectivity index (χ1) is 7.26.